The summed E-state index contributed by atoms with van der Waals surface area (Å²) < 4.78 is 45.7. The fourth-order valence-electron chi connectivity index (χ4n) is 6.51. The summed E-state index contributed by atoms with van der Waals surface area (Å²) in [7, 11) is 3.21. The molecule has 0 saturated carbocycles. The highest BCUT2D eigenvalue weighted by atomic mass is 19.1. The van der Waals surface area contributed by atoms with Crippen LogP contribution in [0.4, 0.5) is 4.39 Å². The summed E-state index contributed by atoms with van der Waals surface area (Å²) in [5.41, 5.74) is 2.40. The van der Waals surface area contributed by atoms with Crippen molar-refractivity contribution in [1.29, 1.82) is 0 Å². The molecule has 0 saturated heterocycles. The number of Topliss-reactive ketones (excluding diaryl/α,β-unsaturated/α-hetero) is 1. The summed E-state index contributed by atoms with van der Waals surface area (Å²) in [4.78, 5) is 36.8. The van der Waals surface area contributed by atoms with E-state index < -0.39 is 5.82 Å². The molecule has 12 heteroatoms. The molecule has 4 aromatic carbocycles. The number of carbonyl (C=O) groups is 1. The maximum Gasteiger partial charge on any atom is 0.282 e. The first-order valence-electron chi connectivity index (χ1n) is 16.8. The van der Waals surface area contributed by atoms with Crippen LogP contribution in [0.5, 0.6) is 23.1 Å². The number of ketones is 1. The van der Waals surface area contributed by atoms with Crippen molar-refractivity contribution < 1.29 is 32.9 Å². The molecule has 0 spiro atoms. The number of hydrogen-bond donors (Lipinski definition) is 0. The molecule has 1 aliphatic rings. The summed E-state index contributed by atoms with van der Waals surface area (Å²) in [6.45, 7) is 2.04. The third kappa shape index (κ3) is 6.92. The van der Waals surface area contributed by atoms with Gasteiger partial charge in [0.25, 0.3) is 5.56 Å². The third-order valence-corrected chi connectivity index (χ3v) is 8.92. The Balaban J connectivity index is 1.22. The first-order chi connectivity index (χ1) is 25.0. The smallest absolute Gasteiger partial charge is 0.282 e. The summed E-state index contributed by atoms with van der Waals surface area (Å²) in [5, 5.41) is 2.20. The van der Waals surface area contributed by atoms with Gasteiger partial charge in [-0.3, -0.25) is 14.3 Å². The van der Waals surface area contributed by atoms with Crippen molar-refractivity contribution >= 4 is 27.5 Å². The van der Waals surface area contributed by atoms with E-state index in [4.69, 9.17) is 23.7 Å². The molecule has 262 valence electrons. The SMILES string of the molecule is COCCOc1cc2ncnc(Oc3ccc(CC(=O)c4c5n(n(-c6ccc(F)cc6)c4=O)CCCC5)c4ccccc34)c2cc1OCCOC. The molecule has 51 heavy (non-hydrogen) atoms. The number of halogens is 1. The highest BCUT2D eigenvalue weighted by Crippen LogP contribution is 2.38. The van der Waals surface area contributed by atoms with Gasteiger partial charge in [0.15, 0.2) is 17.3 Å². The zero-order valence-electron chi connectivity index (χ0n) is 28.4. The standard InChI is InChI=1S/C39H37FN4O7/c1-47-17-19-49-35-22-30-31(23-36(35)50-20-18-48-2)41-24-42-38(30)51-34-15-10-25(28-7-3-4-8-29(28)34)21-33(45)37-32-9-5-6-16-43(32)44(39(37)46)27-13-11-26(40)12-14-27/h3-4,7-8,10-15,22-24H,5-6,9,16-21H2,1-2H3. The minimum atomic E-state index is -0.394. The van der Waals surface area contributed by atoms with Gasteiger partial charge in [0.05, 0.1) is 35.5 Å². The number of methoxy groups -OCH3 is 2. The zero-order chi connectivity index (χ0) is 35.3. The predicted octanol–water partition coefficient (Wildman–Crippen LogP) is 6.48. The van der Waals surface area contributed by atoms with Crippen LogP contribution < -0.4 is 19.8 Å². The molecule has 3 heterocycles. The van der Waals surface area contributed by atoms with Crippen LogP contribution >= 0.6 is 0 Å². The number of carbonyl (C=O) groups excluding carboxylic acids is 1. The van der Waals surface area contributed by atoms with Crippen LogP contribution in [0.25, 0.3) is 27.4 Å². The molecule has 0 atom stereocenters. The average molecular weight is 693 g/mol. The highest BCUT2D eigenvalue weighted by molar-refractivity contribution is 6.02. The average Bonchev–Trinajstić information content (AvgIpc) is 3.45. The quantitative estimate of drug-likeness (QED) is 0.0935. The zero-order valence-corrected chi connectivity index (χ0v) is 28.4. The molecule has 0 fully saturated rings. The van der Waals surface area contributed by atoms with Crippen LogP contribution in [0.3, 0.4) is 0 Å². The molecule has 0 radical (unpaired) electrons. The van der Waals surface area contributed by atoms with Gasteiger partial charge in [-0.1, -0.05) is 30.3 Å². The van der Waals surface area contributed by atoms with E-state index in [-0.39, 0.29) is 23.3 Å². The number of fused-ring (bicyclic) bond motifs is 3. The van der Waals surface area contributed by atoms with Gasteiger partial charge in [0.1, 0.15) is 36.7 Å². The molecule has 0 N–H and O–H groups in total. The van der Waals surface area contributed by atoms with Crippen LogP contribution in [0.2, 0.25) is 0 Å². The van der Waals surface area contributed by atoms with Crippen LogP contribution in [-0.2, 0) is 28.9 Å². The third-order valence-electron chi connectivity index (χ3n) is 8.92. The van der Waals surface area contributed by atoms with E-state index in [0.717, 1.165) is 34.9 Å². The number of aromatic nitrogens is 4. The number of ether oxygens (including phenoxy) is 5. The lowest BCUT2D eigenvalue weighted by atomic mass is 9.96. The Morgan fingerprint density at radius 3 is 2.27 bits per heavy atom. The first kappa shape index (κ1) is 33.9. The summed E-state index contributed by atoms with van der Waals surface area (Å²) in [6, 6.07) is 20.6. The maximum atomic E-state index is 14.0. The van der Waals surface area contributed by atoms with Gasteiger partial charge in [0.2, 0.25) is 5.88 Å². The normalized spacial score (nSPS) is 12.6. The van der Waals surface area contributed by atoms with Crippen molar-refractivity contribution in [1.82, 2.24) is 19.3 Å². The van der Waals surface area contributed by atoms with Crippen LogP contribution in [-0.4, -0.2) is 65.8 Å². The second-order valence-corrected chi connectivity index (χ2v) is 12.1. The van der Waals surface area contributed by atoms with Crippen LogP contribution in [0, 0.1) is 5.82 Å². The lowest BCUT2D eigenvalue weighted by molar-refractivity contribution is 0.0991. The second kappa shape index (κ2) is 15.1. The monoisotopic (exact) mass is 692 g/mol. The van der Waals surface area contributed by atoms with Crippen molar-refractivity contribution in [2.24, 2.45) is 0 Å². The number of benzene rings is 4. The molecule has 6 aromatic rings. The molecule has 2 aromatic heterocycles. The predicted molar refractivity (Wildman–Crippen MR) is 189 cm³/mol. The Kier molecular flexibility index (Phi) is 10.0. The molecule has 0 aliphatic carbocycles. The largest absolute Gasteiger partial charge is 0.487 e. The van der Waals surface area contributed by atoms with Gasteiger partial charge in [-0.25, -0.2) is 19.0 Å². The van der Waals surface area contributed by atoms with Gasteiger partial charge < -0.3 is 23.7 Å². The Bertz CT molecular complexity index is 2270. The Hall–Kier alpha value is -5.59. The fourth-order valence-corrected chi connectivity index (χ4v) is 6.51. The van der Waals surface area contributed by atoms with E-state index in [1.54, 1.807) is 38.5 Å². The van der Waals surface area contributed by atoms with Crippen molar-refractivity contribution in [2.75, 3.05) is 40.6 Å². The molecule has 0 unspecified atom stereocenters. The molecule has 0 bridgehead atoms. The van der Waals surface area contributed by atoms with E-state index in [9.17, 15) is 14.0 Å². The lowest BCUT2D eigenvalue weighted by Gasteiger charge is -2.19. The van der Waals surface area contributed by atoms with Crippen molar-refractivity contribution in [2.45, 2.75) is 32.2 Å². The number of hydrogen-bond acceptors (Lipinski definition) is 9. The minimum absolute atomic E-state index is 0.0148. The number of rotatable bonds is 14. The second-order valence-electron chi connectivity index (χ2n) is 12.1. The van der Waals surface area contributed by atoms with E-state index in [1.807, 2.05) is 41.1 Å². The van der Waals surface area contributed by atoms with E-state index in [2.05, 4.69) is 9.97 Å². The molecule has 1 aliphatic heterocycles. The fraction of sp³-hybridized carbons (Fsp3) is 0.282. The van der Waals surface area contributed by atoms with Crippen molar-refractivity contribution in [3.8, 4) is 28.8 Å². The summed E-state index contributed by atoms with van der Waals surface area (Å²) >= 11 is 0. The highest BCUT2D eigenvalue weighted by Gasteiger charge is 2.28. The van der Waals surface area contributed by atoms with Gasteiger partial charge in [-0.05, 0) is 66.6 Å². The molecule has 7 rings (SSSR count). The molecular formula is C39H37FN4O7. The Labute approximate surface area is 293 Å². The van der Waals surface area contributed by atoms with Crippen molar-refractivity contribution in [3.63, 3.8) is 0 Å². The van der Waals surface area contributed by atoms with Gasteiger partial charge >= 0.3 is 0 Å². The molecule has 11 nitrogen and oxygen atoms in total. The van der Waals surface area contributed by atoms with Crippen LogP contribution in [0.15, 0.2) is 83.9 Å². The maximum absolute atomic E-state index is 14.0. The van der Waals surface area contributed by atoms with Gasteiger partial charge in [0, 0.05) is 38.6 Å². The van der Waals surface area contributed by atoms with Crippen LogP contribution in [0.1, 0.15) is 34.5 Å². The lowest BCUT2D eigenvalue weighted by Crippen LogP contribution is -2.24. The number of nitrogens with zero attached hydrogens (tertiary/aromatic N) is 4. The van der Waals surface area contributed by atoms with Gasteiger partial charge in [-0.15, -0.1) is 0 Å². The molecule has 0 amide bonds. The topological polar surface area (TPSA) is 116 Å². The van der Waals surface area contributed by atoms with E-state index in [0.29, 0.717) is 79.1 Å². The van der Waals surface area contributed by atoms with Crippen molar-refractivity contribution in [3.05, 3.63) is 112 Å². The van der Waals surface area contributed by atoms with E-state index >= 15 is 0 Å². The summed E-state index contributed by atoms with van der Waals surface area (Å²) in [6.07, 6.45) is 3.82. The minimum Gasteiger partial charge on any atom is -0.487 e. The Morgan fingerprint density at radius 1 is 0.804 bits per heavy atom. The van der Waals surface area contributed by atoms with E-state index in [1.165, 1.54) is 23.1 Å². The summed E-state index contributed by atoms with van der Waals surface area (Å²) in [5.74, 6) is 1.18. The van der Waals surface area contributed by atoms with Gasteiger partial charge in [-0.2, -0.15) is 0 Å². The first-order valence-corrected chi connectivity index (χ1v) is 16.8. The molecular weight excluding hydrogens is 655 g/mol. The Morgan fingerprint density at radius 2 is 1.53 bits per heavy atom.